The van der Waals surface area contributed by atoms with E-state index in [4.69, 9.17) is 16.3 Å². The maximum absolute atomic E-state index is 11.6. The predicted octanol–water partition coefficient (Wildman–Crippen LogP) is 2.08. The second-order valence-corrected chi connectivity index (χ2v) is 5.35. The standard InChI is InChI=1S/C11H20ClNO2/c1-11(2,3)15-10(14)9-8(13-9)6-4-5-7-12/h8-9,13H,4-7H2,1-3H3/t8-,9+/m0/s1. The van der Waals surface area contributed by atoms with Crippen molar-refractivity contribution in [2.24, 2.45) is 0 Å². The average Bonchev–Trinajstić information content (AvgIpc) is 2.81. The number of unbranched alkanes of at least 4 members (excludes halogenated alkanes) is 1. The first-order valence-corrected chi connectivity index (χ1v) is 6.02. The van der Waals surface area contributed by atoms with E-state index in [1.54, 1.807) is 0 Å². The molecule has 1 saturated heterocycles. The first kappa shape index (κ1) is 12.8. The van der Waals surface area contributed by atoms with Gasteiger partial charge in [-0.1, -0.05) is 6.42 Å². The van der Waals surface area contributed by atoms with Gasteiger partial charge in [0, 0.05) is 11.9 Å². The summed E-state index contributed by atoms with van der Waals surface area (Å²) < 4.78 is 5.27. The number of carbonyl (C=O) groups excluding carboxylic acids is 1. The van der Waals surface area contributed by atoms with E-state index in [1.807, 2.05) is 20.8 Å². The van der Waals surface area contributed by atoms with E-state index >= 15 is 0 Å². The Morgan fingerprint density at radius 2 is 2.07 bits per heavy atom. The molecule has 0 amide bonds. The van der Waals surface area contributed by atoms with Crippen LogP contribution in [0.4, 0.5) is 0 Å². The van der Waals surface area contributed by atoms with Gasteiger partial charge >= 0.3 is 5.97 Å². The highest BCUT2D eigenvalue weighted by molar-refractivity contribution is 6.17. The van der Waals surface area contributed by atoms with Gasteiger partial charge in [-0.25, -0.2) is 0 Å². The van der Waals surface area contributed by atoms with Crippen LogP contribution in [0.3, 0.4) is 0 Å². The minimum atomic E-state index is -0.387. The van der Waals surface area contributed by atoms with E-state index < -0.39 is 0 Å². The Hall–Kier alpha value is -0.280. The largest absolute Gasteiger partial charge is 0.459 e. The third-order valence-corrected chi connectivity index (χ3v) is 2.51. The van der Waals surface area contributed by atoms with Crippen molar-refractivity contribution in [1.29, 1.82) is 0 Å². The Kier molecular flexibility index (Phi) is 4.41. The van der Waals surface area contributed by atoms with Crippen molar-refractivity contribution >= 4 is 17.6 Å². The summed E-state index contributed by atoms with van der Waals surface area (Å²) in [5, 5.41) is 3.13. The molecular weight excluding hydrogens is 214 g/mol. The number of nitrogens with one attached hydrogen (secondary N) is 1. The quantitative estimate of drug-likeness (QED) is 0.342. The van der Waals surface area contributed by atoms with Gasteiger partial charge in [0.15, 0.2) is 0 Å². The van der Waals surface area contributed by atoms with Gasteiger partial charge < -0.3 is 4.74 Å². The molecule has 0 aromatic heterocycles. The smallest absolute Gasteiger partial charge is 0.325 e. The molecule has 0 bridgehead atoms. The lowest BCUT2D eigenvalue weighted by atomic mass is 10.1. The average molecular weight is 234 g/mol. The van der Waals surface area contributed by atoms with Crippen LogP contribution in [-0.2, 0) is 9.53 Å². The molecule has 1 N–H and O–H groups in total. The Labute approximate surface area is 96.5 Å². The van der Waals surface area contributed by atoms with Gasteiger partial charge in [-0.05, 0) is 33.6 Å². The lowest BCUT2D eigenvalue weighted by molar-refractivity contribution is -0.154. The second kappa shape index (κ2) is 5.17. The second-order valence-electron chi connectivity index (χ2n) is 4.97. The fraction of sp³-hybridized carbons (Fsp3) is 0.909. The molecule has 0 aromatic carbocycles. The maximum atomic E-state index is 11.6. The van der Waals surface area contributed by atoms with Crippen LogP contribution in [0.15, 0.2) is 0 Å². The van der Waals surface area contributed by atoms with Crippen molar-refractivity contribution < 1.29 is 9.53 Å². The number of halogens is 1. The van der Waals surface area contributed by atoms with Crippen molar-refractivity contribution in [3.63, 3.8) is 0 Å². The van der Waals surface area contributed by atoms with E-state index in [0.717, 1.165) is 19.3 Å². The van der Waals surface area contributed by atoms with Crippen LogP contribution in [-0.4, -0.2) is 29.5 Å². The topological polar surface area (TPSA) is 48.2 Å². The summed E-state index contributed by atoms with van der Waals surface area (Å²) in [5.41, 5.74) is -0.387. The number of alkyl halides is 1. The van der Waals surface area contributed by atoms with Gasteiger partial charge in [-0.3, -0.25) is 10.1 Å². The van der Waals surface area contributed by atoms with Gasteiger partial charge in [0.2, 0.25) is 0 Å². The third kappa shape index (κ3) is 4.85. The van der Waals surface area contributed by atoms with Crippen LogP contribution in [0.2, 0.25) is 0 Å². The molecule has 88 valence electrons. The van der Waals surface area contributed by atoms with Crippen LogP contribution < -0.4 is 5.32 Å². The monoisotopic (exact) mass is 233 g/mol. The SMILES string of the molecule is CC(C)(C)OC(=O)[C@@H]1N[C@H]1CCCCCl. The lowest BCUT2D eigenvalue weighted by Crippen LogP contribution is -2.28. The molecule has 15 heavy (non-hydrogen) atoms. The molecule has 1 rings (SSSR count). The predicted molar refractivity (Wildman–Crippen MR) is 61.1 cm³/mol. The number of rotatable bonds is 5. The summed E-state index contributed by atoms with van der Waals surface area (Å²) in [6, 6.07) is 0.225. The molecule has 3 nitrogen and oxygen atoms in total. The highest BCUT2D eigenvalue weighted by Crippen LogP contribution is 2.21. The van der Waals surface area contributed by atoms with E-state index in [0.29, 0.717) is 11.9 Å². The fourth-order valence-electron chi connectivity index (χ4n) is 1.48. The molecule has 1 heterocycles. The van der Waals surface area contributed by atoms with Crippen molar-refractivity contribution in [2.45, 2.75) is 57.7 Å². The summed E-state index contributed by atoms with van der Waals surface area (Å²) in [4.78, 5) is 11.6. The van der Waals surface area contributed by atoms with Crippen molar-refractivity contribution in [3.05, 3.63) is 0 Å². The Balaban J connectivity index is 2.17. The molecule has 0 spiro atoms. The zero-order chi connectivity index (χ0) is 11.5. The number of ether oxygens (including phenoxy) is 1. The Bertz CT molecular complexity index is 225. The van der Waals surface area contributed by atoms with Crippen LogP contribution in [0.5, 0.6) is 0 Å². The molecule has 1 aliphatic heterocycles. The van der Waals surface area contributed by atoms with Crippen LogP contribution in [0, 0.1) is 0 Å². The number of esters is 1. The van der Waals surface area contributed by atoms with Crippen LogP contribution in [0.1, 0.15) is 40.0 Å². The van der Waals surface area contributed by atoms with Gasteiger partial charge in [0.05, 0.1) is 0 Å². The molecule has 4 heteroatoms. The maximum Gasteiger partial charge on any atom is 0.325 e. The van der Waals surface area contributed by atoms with Crippen LogP contribution in [0.25, 0.3) is 0 Å². The molecule has 0 unspecified atom stereocenters. The molecule has 0 aliphatic carbocycles. The lowest BCUT2D eigenvalue weighted by Gasteiger charge is -2.19. The van der Waals surface area contributed by atoms with Crippen molar-refractivity contribution in [2.75, 3.05) is 5.88 Å². The molecular formula is C11H20ClNO2. The zero-order valence-corrected chi connectivity index (χ0v) is 10.4. The third-order valence-electron chi connectivity index (χ3n) is 2.25. The van der Waals surface area contributed by atoms with E-state index in [9.17, 15) is 4.79 Å². The van der Waals surface area contributed by atoms with Crippen molar-refractivity contribution in [1.82, 2.24) is 5.32 Å². The summed E-state index contributed by atoms with van der Waals surface area (Å²) in [6.07, 6.45) is 3.10. The Morgan fingerprint density at radius 1 is 1.40 bits per heavy atom. The van der Waals surface area contributed by atoms with E-state index in [1.165, 1.54) is 0 Å². The van der Waals surface area contributed by atoms with Gasteiger partial charge in [-0.15, -0.1) is 11.6 Å². The molecule has 1 aliphatic rings. The Morgan fingerprint density at radius 3 is 2.60 bits per heavy atom. The molecule has 0 radical (unpaired) electrons. The zero-order valence-electron chi connectivity index (χ0n) is 9.68. The highest BCUT2D eigenvalue weighted by atomic mass is 35.5. The summed E-state index contributed by atoms with van der Waals surface area (Å²) in [7, 11) is 0. The van der Waals surface area contributed by atoms with E-state index in [2.05, 4.69) is 5.32 Å². The van der Waals surface area contributed by atoms with Gasteiger partial charge in [0.1, 0.15) is 11.6 Å². The first-order valence-electron chi connectivity index (χ1n) is 5.49. The number of carbonyl (C=O) groups is 1. The van der Waals surface area contributed by atoms with Gasteiger partial charge in [0.25, 0.3) is 0 Å². The molecule has 0 aromatic rings. The minimum Gasteiger partial charge on any atom is -0.459 e. The summed E-state index contributed by atoms with van der Waals surface area (Å²) in [6.45, 7) is 5.65. The van der Waals surface area contributed by atoms with E-state index in [-0.39, 0.29) is 17.6 Å². The number of hydrogen-bond donors (Lipinski definition) is 1. The number of hydrogen-bond acceptors (Lipinski definition) is 3. The van der Waals surface area contributed by atoms with Crippen molar-refractivity contribution in [3.8, 4) is 0 Å². The molecule has 0 saturated carbocycles. The summed E-state index contributed by atoms with van der Waals surface area (Å²) >= 11 is 5.58. The first-order chi connectivity index (χ1) is 6.94. The van der Waals surface area contributed by atoms with Gasteiger partial charge in [-0.2, -0.15) is 0 Å². The fourth-order valence-corrected chi connectivity index (χ4v) is 1.67. The normalized spacial score (nSPS) is 25.1. The molecule has 2 atom stereocenters. The minimum absolute atomic E-state index is 0.0837. The highest BCUT2D eigenvalue weighted by Gasteiger charge is 2.43. The summed E-state index contributed by atoms with van der Waals surface area (Å²) in [5.74, 6) is 0.572. The molecule has 1 fully saturated rings. The van der Waals surface area contributed by atoms with Crippen LogP contribution >= 0.6 is 11.6 Å².